The Bertz CT molecular complexity index is 196. The molecule has 0 saturated heterocycles. The number of rotatable bonds is 3. The molecule has 0 radical (unpaired) electrons. The van der Waals surface area contributed by atoms with E-state index in [1.807, 2.05) is 38.6 Å². The minimum Gasteiger partial charge on any atom is -0.375 e. The van der Waals surface area contributed by atoms with Gasteiger partial charge in [-0.15, -0.1) is 0 Å². The first-order valence-electron chi connectivity index (χ1n) is 4.39. The van der Waals surface area contributed by atoms with Crippen molar-refractivity contribution in [3.63, 3.8) is 0 Å². The summed E-state index contributed by atoms with van der Waals surface area (Å²) in [6.45, 7) is 7.40. The van der Waals surface area contributed by atoms with Crippen molar-refractivity contribution >= 4 is 0 Å². The fraction of sp³-hybridized carbons (Fsp3) is 0.667. The fourth-order valence-electron chi connectivity index (χ4n) is 0.750. The molecule has 1 aromatic heterocycles. The Morgan fingerprint density at radius 3 is 2.58 bits per heavy atom. The molecule has 70 valence electrons. The Morgan fingerprint density at radius 1 is 1.50 bits per heavy atom. The van der Waals surface area contributed by atoms with Crippen molar-refractivity contribution in [2.75, 3.05) is 6.61 Å². The molecule has 0 atom stereocenters. The van der Waals surface area contributed by atoms with E-state index in [0.717, 1.165) is 12.3 Å². The van der Waals surface area contributed by atoms with Gasteiger partial charge in [0.15, 0.2) is 0 Å². The highest BCUT2D eigenvalue weighted by Crippen LogP contribution is 1.97. The van der Waals surface area contributed by atoms with Gasteiger partial charge in [0.2, 0.25) is 0 Å². The van der Waals surface area contributed by atoms with E-state index in [1.54, 1.807) is 6.20 Å². The predicted octanol–water partition coefficient (Wildman–Crippen LogP) is 1.98. The summed E-state index contributed by atoms with van der Waals surface area (Å²) in [7, 11) is 1.91. The van der Waals surface area contributed by atoms with Crippen LogP contribution < -0.4 is 0 Å². The number of hydrogen-bond acceptors (Lipinski definition) is 2. The largest absolute Gasteiger partial charge is 0.375 e. The monoisotopic (exact) mass is 170 g/mol. The van der Waals surface area contributed by atoms with Crippen molar-refractivity contribution in [1.29, 1.82) is 0 Å². The van der Waals surface area contributed by atoms with E-state index in [1.165, 1.54) is 0 Å². The second kappa shape index (κ2) is 6.85. The van der Waals surface area contributed by atoms with Crippen molar-refractivity contribution in [2.24, 2.45) is 7.05 Å². The van der Waals surface area contributed by atoms with Crippen molar-refractivity contribution in [3.8, 4) is 0 Å². The maximum atomic E-state index is 5.20. The first-order chi connectivity index (χ1) is 5.84. The number of hydrogen-bond donors (Lipinski definition) is 0. The highest BCUT2D eigenvalue weighted by molar-refractivity contribution is 4.97. The summed E-state index contributed by atoms with van der Waals surface area (Å²) < 4.78 is 7.01. The molecule has 0 N–H and O–H groups in total. The highest BCUT2D eigenvalue weighted by atomic mass is 16.5. The van der Waals surface area contributed by atoms with Crippen molar-refractivity contribution in [2.45, 2.75) is 27.4 Å². The van der Waals surface area contributed by atoms with Crippen molar-refractivity contribution in [1.82, 2.24) is 9.78 Å². The zero-order valence-electron chi connectivity index (χ0n) is 8.37. The van der Waals surface area contributed by atoms with E-state index in [-0.39, 0.29) is 0 Å². The summed E-state index contributed by atoms with van der Waals surface area (Å²) in [6.07, 6.45) is 1.77. The SMILES string of the molecule is CC.CCOCc1ccnn1C. The van der Waals surface area contributed by atoms with Gasteiger partial charge < -0.3 is 4.74 Å². The molecule has 12 heavy (non-hydrogen) atoms. The van der Waals surface area contributed by atoms with Crippen LogP contribution in [0.2, 0.25) is 0 Å². The van der Waals surface area contributed by atoms with Gasteiger partial charge in [-0.25, -0.2) is 0 Å². The third-order valence-electron chi connectivity index (χ3n) is 1.38. The third kappa shape index (κ3) is 3.53. The van der Waals surface area contributed by atoms with Gasteiger partial charge in [0, 0.05) is 19.9 Å². The lowest BCUT2D eigenvalue weighted by Crippen LogP contribution is -2.00. The van der Waals surface area contributed by atoms with Crippen LogP contribution in [0.5, 0.6) is 0 Å². The zero-order chi connectivity index (χ0) is 9.40. The van der Waals surface area contributed by atoms with E-state index < -0.39 is 0 Å². The van der Waals surface area contributed by atoms with Gasteiger partial charge in [-0.2, -0.15) is 5.10 Å². The van der Waals surface area contributed by atoms with Gasteiger partial charge in [-0.3, -0.25) is 4.68 Å². The van der Waals surface area contributed by atoms with E-state index in [2.05, 4.69) is 5.10 Å². The smallest absolute Gasteiger partial charge is 0.0884 e. The van der Waals surface area contributed by atoms with Gasteiger partial charge >= 0.3 is 0 Å². The van der Waals surface area contributed by atoms with Gasteiger partial charge in [-0.1, -0.05) is 13.8 Å². The molecule has 0 aliphatic heterocycles. The molecule has 0 aromatic carbocycles. The van der Waals surface area contributed by atoms with E-state index in [0.29, 0.717) is 6.61 Å². The molecule has 1 heterocycles. The lowest BCUT2D eigenvalue weighted by atomic mass is 10.4. The predicted molar refractivity (Wildman–Crippen MR) is 49.9 cm³/mol. The Kier molecular flexibility index (Phi) is 6.38. The first kappa shape index (κ1) is 11.2. The van der Waals surface area contributed by atoms with Crippen LogP contribution in [0, 0.1) is 0 Å². The standard InChI is InChI=1S/C7H12N2O.C2H6/c1-3-10-6-7-4-5-8-9(7)2;1-2/h4-5H,3,6H2,1-2H3;1-2H3. The summed E-state index contributed by atoms with van der Waals surface area (Å²) in [4.78, 5) is 0. The maximum absolute atomic E-state index is 5.20. The molecule has 3 heteroatoms. The molecule has 3 nitrogen and oxygen atoms in total. The molecule has 0 aliphatic carbocycles. The van der Waals surface area contributed by atoms with Crippen LogP contribution in [-0.4, -0.2) is 16.4 Å². The molecular weight excluding hydrogens is 152 g/mol. The van der Waals surface area contributed by atoms with E-state index in [4.69, 9.17) is 4.74 Å². The minimum absolute atomic E-state index is 0.660. The van der Waals surface area contributed by atoms with Gasteiger partial charge in [-0.05, 0) is 13.0 Å². The Hall–Kier alpha value is -0.830. The summed E-state index contributed by atoms with van der Waals surface area (Å²) in [5, 5.41) is 4.01. The Labute approximate surface area is 74.3 Å². The van der Waals surface area contributed by atoms with Gasteiger partial charge in [0.05, 0.1) is 12.3 Å². The zero-order valence-corrected chi connectivity index (χ0v) is 8.37. The molecular formula is C9H18N2O. The second-order valence-corrected chi connectivity index (χ2v) is 2.08. The number of aromatic nitrogens is 2. The van der Waals surface area contributed by atoms with Gasteiger partial charge in [0.25, 0.3) is 0 Å². The average Bonchev–Trinajstić information content (AvgIpc) is 2.51. The van der Waals surface area contributed by atoms with Crippen LogP contribution in [0.15, 0.2) is 12.3 Å². The molecule has 0 spiro atoms. The molecule has 0 unspecified atom stereocenters. The molecule has 0 saturated carbocycles. The average molecular weight is 170 g/mol. The van der Waals surface area contributed by atoms with E-state index >= 15 is 0 Å². The van der Waals surface area contributed by atoms with Crippen LogP contribution in [0.25, 0.3) is 0 Å². The van der Waals surface area contributed by atoms with Crippen LogP contribution >= 0.6 is 0 Å². The fourth-order valence-corrected chi connectivity index (χ4v) is 0.750. The maximum Gasteiger partial charge on any atom is 0.0884 e. The highest BCUT2D eigenvalue weighted by Gasteiger charge is 1.95. The second-order valence-electron chi connectivity index (χ2n) is 2.08. The summed E-state index contributed by atoms with van der Waals surface area (Å²) in [5.41, 5.74) is 1.11. The topological polar surface area (TPSA) is 27.1 Å². The molecule has 1 aromatic rings. The van der Waals surface area contributed by atoms with E-state index in [9.17, 15) is 0 Å². The molecule has 0 aliphatic rings. The summed E-state index contributed by atoms with van der Waals surface area (Å²) in [6, 6.07) is 1.95. The van der Waals surface area contributed by atoms with Crippen molar-refractivity contribution < 1.29 is 4.74 Å². The lowest BCUT2D eigenvalue weighted by molar-refractivity contribution is 0.128. The number of ether oxygens (including phenoxy) is 1. The lowest BCUT2D eigenvalue weighted by Gasteiger charge is -2.00. The van der Waals surface area contributed by atoms with Crippen LogP contribution in [0.3, 0.4) is 0 Å². The first-order valence-corrected chi connectivity index (χ1v) is 4.39. The Balaban J connectivity index is 0.000000561. The molecule has 0 bridgehead atoms. The van der Waals surface area contributed by atoms with Crippen LogP contribution in [0.4, 0.5) is 0 Å². The third-order valence-corrected chi connectivity index (χ3v) is 1.38. The molecule has 1 rings (SSSR count). The Morgan fingerprint density at radius 2 is 2.17 bits per heavy atom. The summed E-state index contributed by atoms with van der Waals surface area (Å²) >= 11 is 0. The van der Waals surface area contributed by atoms with Gasteiger partial charge in [0.1, 0.15) is 0 Å². The quantitative estimate of drug-likeness (QED) is 0.693. The van der Waals surface area contributed by atoms with Crippen LogP contribution in [-0.2, 0) is 18.4 Å². The van der Waals surface area contributed by atoms with Crippen molar-refractivity contribution in [3.05, 3.63) is 18.0 Å². The number of nitrogens with zero attached hydrogens (tertiary/aromatic N) is 2. The molecule has 0 amide bonds. The summed E-state index contributed by atoms with van der Waals surface area (Å²) in [5.74, 6) is 0. The van der Waals surface area contributed by atoms with Crippen LogP contribution in [0.1, 0.15) is 26.5 Å². The minimum atomic E-state index is 0.660. The number of aryl methyl sites for hydroxylation is 1. The normalized spacial score (nSPS) is 9.00. The molecule has 0 fully saturated rings.